The fraction of sp³-hybridized carbons (Fsp3) is 0.400. The quantitative estimate of drug-likeness (QED) is 0.784. The minimum absolute atomic E-state index is 0.0677. The van der Waals surface area contributed by atoms with Crippen LogP contribution in [0.15, 0.2) is 24.3 Å². The SMILES string of the molecule is CC(C)(CO)Nc1ccccc1Cl. The van der Waals surface area contributed by atoms with E-state index in [0.717, 1.165) is 5.69 Å². The minimum Gasteiger partial charge on any atom is -0.394 e. The maximum Gasteiger partial charge on any atom is 0.0656 e. The van der Waals surface area contributed by atoms with Crippen molar-refractivity contribution in [1.82, 2.24) is 0 Å². The number of benzene rings is 1. The van der Waals surface area contributed by atoms with Gasteiger partial charge in [0.25, 0.3) is 0 Å². The van der Waals surface area contributed by atoms with Crippen LogP contribution < -0.4 is 5.32 Å². The molecule has 1 aromatic carbocycles. The largest absolute Gasteiger partial charge is 0.394 e. The van der Waals surface area contributed by atoms with Gasteiger partial charge in [-0.3, -0.25) is 0 Å². The molecule has 1 rings (SSSR count). The molecule has 2 N–H and O–H groups in total. The number of rotatable bonds is 3. The van der Waals surface area contributed by atoms with Gasteiger partial charge in [-0.15, -0.1) is 0 Å². The summed E-state index contributed by atoms with van der Waals surface area (Å²) in [5.74, 6) is 0. The van der Waals surface area contributed by atoms with E-state index in [4.69, 9.17) is 16.7 Å². The van der Waals surface area contributed by atoms with Crippen LogP contribution in [0.3, 0.4) is 0 Å². The van der Waals surface area contributed by atoms with Gasteiger partial charge in [-0.25, -0.2) is 0 Å². The molecular formula is C10H14ClNO. The molecule has 0 aliphatic rings. The first kappa shape index (κ1) is 10.4. The summed E-state index contributed by atoms with van der Waals surface area (Å²) in [6.45, 7) is 3.89. The summed E-state index contributed by atoms with van der Waals surface area (Å²) in [5, 5.41) is 12.9. The van der Waals surface area contributed by atoms with Gasteiger partial charge in [0.2, 0.25) is 0 Å². The smallest absolute Gasteiger partial charge is 0.0656 e. The molecule has 0 atom stereocenters. The lowest BCUT2D eigenvalue weighted by Crippen LogP contribution is -2.34. The number of para-hydroxylation sites is 1. The predicted molar refractivity (Wildman–Crippen MR) is 56.2 cm³/mol. The molecule has 0 unspecified atom stereocenters. The summed E-state index contributed by atoms with van der Waals surface area (Å²) in [6, 6.07) is 7.48. The highest BCUT2D eigenvalue weighted by Crippen LogP contribution is 2.23. The summed E-state index contributed by atoms with van der Waals surface area (Å²) in [6.07, 6.45) is 0. The van der Waals surface area contributed by atoms with E-state index in [1.165, 1.54) is 0 Å². The van der Waals surface area contributed by atoms with Crippen LogP contribution in [0, 0.1) is 0 Å². The molecule has 0 aromatic heterocycles. The van der Waals surface area contributed by atoms with Crippen molar-refractivity contribution in [3.8, 4) is 0 Å². The highest BCUT2D eigenvalue weighted by Gasteiger charge is 2.16. The second kappa shape index (κ2) is 3.99. The summed E-state index contributed by atoms with van der Waals surface area (Å²) in [7, 11) is 0. The summed E-state index contributed by atoms with van der Waals surface area (Å²) in [5.41, 5.74) is 0.508. The van der Waals surface area contributed by atoms with Gasteiger partial charge in [0.1, 0.15) is 0 Å². The van der Waals surface area contributed by atoms with Crippen LogP contribution in [-0.2, 0) is 0 Å². The molecule has 1 aromatic rings. The third kappa shape index (κ3) is 2.90. The number of halogens is 1. The van der Waals surface area contributed by atoms with Crippen LogP contribution in [0.1, 0.15) is 13.8 Å². The van der Waals surface area contributed by atoms with E-state index in [-0.39, 0.29) is 12.1 Å². The average molecular weight is 200 g/mol. The molecule has 0 heterocycles. The van der Waals surface area contributed by atoms with E-state index in [9.17, 15) is 0 Å². The van der Waals surface area contributed by atoms with Crippen LogP contribution in [-0.4, -0.2) is 17.3 Å². The molecule has 3 heteroatoms. The van der Waals surface area contributed by atoms with E-state index in [1.54, 1.807) is 0 Å². The van der Waals surface area contributed by atoms with E-state index < -0.39 is 0 Å². The molecular weight excluding hydrogens is 186 g/mol. The Kier molecular flexibility index (Phi) is 3.17. The predicted octanol–water partition coefficient (Wildman–Crippen LogP) is 2.52. The van der Waals surface area contributed by atoms with Crippen molar-refractivity contribution >= 4 is 17.3 Å². The van der Waals surface area contributed by atoms with Gasteiger partial charge in [-0.05, 0) is 26.0 Å². The number of hydrogen-bond acceptors (Lipinski definition) is 2. The molecule has 0 aliphatic heterocycles. The van der Waals surface area contributed by atoms with Gasteiger partial charge >= 0.3 is 0 Å². The van der Waals surface area contributed by atoms with Crippen molar-refractivity contribution in [2.75, 3.05) is 11.9 Å². The molecule has 13 heavy (non-hydrogen) atoms. The van der Waals surface area contributed by atoms with Gasteiger partial charge in [-0.1, -0.05) is 23.7 Å². The monoisotopic (exact) mass is 199 g/mol. The lowest BCUT2D eigenvalue weighted by molar-refractivity contribution is 0.234. The van der Waals surface area contributed by atoms with Gasteiger partial charge in [0.15, 0.2) is 0 Å². The van der Waals surface area contributed by atoms with Crippen LogP contribution >= 0.6 is 11.6 Å². The first-order chi connectivity index (χ1) is 6.05. The lowest BCUT2D eigenvalue weighted by Gasteiger charge is -2.25. The Morgan fingerprint density at radius 3 is 2.54 bits per heavy atom. The third-order valence-corrected chi connectivity index (χ3v) is 2.07. The van der Waals surface area contributed by atoms with Crippen molar-refractivity contribution in [3.63, 3.8) is 0 Å². The maximum absolute atomic E-state index is 9.04. The van der Waals surface area contributed by atoms with Crippen molar-refractivity contribution in [2.45, 2.75) is 19.4 Å². The molecule has 0 fully saturated rings. The number of anilines is 1. The zero-order valence-corrected chi connectivity index (χ0v) is 8.60. The highest BCUT2D eigenvalue weighted by molar-refractivity contribution is 6.33. The van der Waals surface area contributed by atoms with Crippen molar-refractivity contribution in [3.05, 3.63) is 29.3 Å². The maximum atomic E-state index is 9.04. The van der Waals surface area contributed by atoms with Crippen molar-refractivity contribution < 1.29 is 5.11 Å². The zero-order valence-electron chi connectivity index (χ0n) is 7.84. The third-order valence-electron chi connectivity index (χ3n) is 1.74. The van der Waals surface area contributed by atoms with Crippen LogP contribution in [0.5, 0.6) is 0 Å². The van der Waals surface area contributed by atoms with Gasteiger partial charge in [-0.2, -0.15) is 0 Å². The fourth-order valence-corrected chi connectivity index (χ4v) is 1.15. The first-order valence-corrected chi connectivity index (χ1v) is 4.56. The van der Waals surface area contributed by atoms with Gasteiger partial charge in [0, 0.05) is 0 Å². The second-order valence-corrected chi connectivity index (χ2v) is 4.05. The Morgan fingerprint density at radius 2 is 2.00 bits per heavy atom. The van der Waals surface area contributed by atoms with Crippen molar-refractivity contribution in [2.24, 2.45) is 0 Å². The first-order valence-electron chi connectivity index (χ1n) is 4.19. The molecule has 0 saturated heterocycles. The number of nitrogens with one attached hydrogen (secondary N) is 1. The van der Waals surface area contributed by atoms with Crippen LogP contribution in [0.2, 0.25) is 5.02 Å². The Balaban J connectivity index is 2.80. The Morgan fingerprint density at radius 1 is 1.38 bits per heavy atom. The molecule has 72 valence electrons. The summed E-state index contributed by atoms with van der Waals surface area (Å²) < 4.78 is 0. The minimum atomic E-state index is -0.342. The molecule has 0 aliphatic carbocycles. The molecule has 0 radical (unpaired) electrons. The van der Waals surface area contributed by atoms with E-state index >= 15 is 0 Å². The Hall–Kier alpha value is -0.730. The summed E-state index contributed by atoms with van der Waals surface area (Å²) >= 11 is 5.94. The number of hydrogen-bond donors (Lipinski definition) is 2. The topological polar surface area (TPSA) is 32.3 Å². The number of aliphatic hydroxyl groups is 1. The highest BCUT2D eigenvalue weighted by atomic mass is 35.5. The lowest BCUT2D eigenvalue weighted by atomic mass is 10.1. The standard InChI is InChI=1S/C10H14ClNO/c1-10(2,7-13)12-9-6-4-3-5-8(9)11/h3-6,12-13H,7H2,1-2H3. The average Bonchev–Trinajstić information content (AvgIpc) is 2.09. The van der Waals surface area contributed by atoms with Gasteiger partial charge < -0.3 is 10.4 Å². The van der Waals surface area contributed by atoms with Gasteiger partial charge in [0.05, 0.1) is 22.9 Å². The van der Waals surface area contributed by atoms with E-state index in [0.29, 0.717) is 5.02 Å². The molecule has 0 bridgehead atoms. The second-order valence-electron chi connectivity index (χ2n) is 3.65. The van der Waals surface area contributed by atoms with E-state index in [1.807, 2.05) is 38.1 Å². The molecule has 0 spiro atoms. The molecule has 2 nitrogen and oxygen atoms in total. The van der Waals surface area contributed by atoms with Crippen LogP contribution in [0.4, 0.5) is 5.69 Å². The van der Waals surface area contributed by atoms with Crippen molar-refractivity contribution in [1.29, 1.82) is 0 Å². The van der Waals surface area contributed by atoms with E-state index in [2.05, 4.69) is 5.32 Å². The Labute approximate surface area is 83.5 Å². The Bertz CT molecular complexity index is 286. The van der Waals surface area contributed by atoms with Crippen LogP contribution in [0.25, 0.3) is 0 Å². The fourth-order valence-electron chi connectivity index (χ4n) is 0.967. The zero-order chi connectivity index (χ0) is 9.90. The molecule has 0 amide bonds. The molecule has 0 saturated carbocycles. The normalized spacial score (nSPS) is 11.4. The summed E-state index contributed by atoms with van der Waals surface area (Å²) in [4.78, 5) is 0. The number of aliphatic hydroxyl groups excluding tert-OH is 1.